The lowest BCUT2D eigenvalue weighted by Gasteiger charge is -2.29. The summed E-state index contributed by atoms with van der Waals surface area (Å²) in [6.45, 7) is -0.158. The van der Waals surface area contributed by atoms with Gasteiger partial charge in [-0.15, -0.1) is 0 Å². The van der Waals surface area contributed by atoms with Crippen molar-refractivity contribution in [1.29, 1.82) is 0 Å². The summed E-state index contributed by atoms with van der Waals surface area (Å²) in [6, 6.07) is 6.10. The molecule has 0 radical (unpaired) electrons. The number of para-hydroxylation sites is 1. The van der Waals surface area contributed by atoms with Gasteiger partial charge in [0, 0.05) is 11.6 Å². The van der Waals surface area contributed by atoms with Crippen molar-refractivity contribution >= 4 is 11.7 Å². The zero-order valence-electron chi connectivity index (χ0n) is 15.0. The van der Waals surface area contributed by atoms with Crippen LogP contribution in [0.3, 0.4) is 0 Å². The number of amides is 2. The third-order valence-electron chi connectivity index (χ3n) is 4.74. The Morgan fingerprint density at radius 1 is 0.893 bits per heavy atom. The minimum absolute atomic E-state index is 0.103. The summed E-state index contributed by atoms with van der Waals surface area (Å²) in [6.07, 6.45) is 2.17. The van der Waals surface area contributed by atoms with Crippen LogP contribution >= 0.6 is 0 Å². The Balaban J connectivity index is 1.44. The maximum Gasteiger partial charge on any atom is 0.319 e. The molecule has 1 aliphatic carbocycles. The molecule has 8 heteroatoms. The number of carbonyl (C=O) groups is 1. The molecule has 2 amide bonds. The first kappa shape index (κ1) is 20.1. The average molecular weight is 396 g/mol. The summed E-state index contributed by atoms with van der Waals surface area (Å²) in [4.78, 5) is 12.0. The molecule has 2 aromatic carbocycles. The maximum atomic E-state index is 13.6. The normalized spacial score (nSPS) is 19.3. The van der Waals surface area contributed by atoms with E-state index in [0.29, 0.717) is 25.7 Å². The van der Waals surface area contributed by atoms with Crippen molar-refractivity contribution in [2.75, 3.05) is 5.32 Å². The standard InChI is InChI=1S/C20H20F4N2O2/c21-15-3-1-4-16(22)14(15)11-28-13-9-7-12(8-10-13)25-20(27)26-19-17(23)5-2-6-18(19)24/h1-6,12-13H,7-11H2,(H2,25,26,27)/t12-,13-. The zero-order chi connectivity index (χ0) is 20.1. The smallest absolute Gasteiger partial charge is 0.319 e. The Morgan fingerprint density at radius 3 is 2.00 bits per heavy atom. The van der Waals surface area contributed by atoms with Crippen LogP contribution in [0.1, 0.15) is 31.2 Å². The van der Waals surface area contributed by atoms with Gasteiger partial charge in [-0.1, -0.05) is 12.1 Å². The molecule has 150 valence electrons. The van der Waals surface area contributed by atoms with E-state index in [1.807, 2.05) is 0 Å². The lowest BCUT2D eigenvalue weighted by molar-refractivity contribution is 0.00964. The number of anilines is 1. The highest BCUT2D eigenvalue weighted by atomic mass is 19.1. The minimum Gasteiger partial charge on any atom is -0.373 e. The molecule has 0 spiro atoms. The van der Waals surface area contributed by atoms with E-state index >= 15 is 0 Å². The van der Waals surface area contributed by atoms with Crippen LogP contribution in [-0.4, -0.2) is 18.2 Å². The molecule has 0 aliphatic heterocycles. The van der Waals surface area contributed by atoms with E-state index in [-0.39, 0.29) is 24.3 Å². The first-order valence-electron chi connectivity index (χ1n) is 9.00. The van der Waals surface area contributed by atoms with Crippen LogP contribution in [0, 0.1) is 23.3 Å². The molecule has 0 aromatic heterocycles. The Kier molecular flexibility index (Phi) is 6.51. The number of rotatable bonds is 5. The number of benzene rings is 2. The molecule has 0 heterocycles. The predicted octanol–water partition coefficient (Wildman–Crippen LogP) is 4.89. The number of nitrogens with one attached hydrogen (secondary N) is 2. The first-order valence-corrected chi connectivity index (χ1v) is 9.00. The molecule has 0 unspecified atom stereocenters. The largest absolute Gasteiger partial charge is 0.373 e. The number of urea groups is 1. The van der Waals surface area contributed by atoms with Crippen molar-refractivity contribution < 1.29 is 27.1 Å². The molecule has 2 N–H and O–H groups in total. The highest BCUT2D eigenvalue weighted by Crippen LogP contribution is 2.24. The third kappa shape index (κ3) is 5.01. The quantitative estimate of drug-likeness (QED) is 0.707. The number of carbonyl (C=O) groups excluding carboxylic acids is 1. The van der Waals surface area contributed by atoms with E-state index in [0.717, 1.165) is 12.1 Å². The van der Waals surface area contributed by atoms with Gasteiger partial charge in [0.25, 0.3) is 0 Å². The summed E-state index contributed by atoms with van der Waals surface area (Å²) in [5, 5.41) is 4.86. The summed E-state index contributed by atoms with van der Waals surface area (Å²) in [5.41, 5.74) is -0.599. The van der Waals surface area contributed by atoms with Gasteiger partial charge in [-0.2, -0.15) is 0 Å². The number of hydrogen-bond donors (Lipinski definition) is 2. The second-order valence-corrected chi connectivity index (χ2v) is 6.68. The zero-order valence-corrected chi connectivity index (χ0v) is 15.0. The first-order chi connectivity index (χ1) is 13.4. The fraction of sp³-hybridized carbons (Fsp3) is 0.350. The second kappa shape index (κ2) is 9.05. The average Bonchev–Trinajstić information content (AvgIpc) is 2.66. The number of hydrogen-bond acceptors (Lipinski definition) is 2. The van der Waals surface area contributed by atoms with Crippen molar-refractivity contribution in [1.82, 2.24) is 5.32 Å². The molecule has 28 heavy (non-hydrogen) atoms. The van der Waals surface area contributed by atoms with Gasteiger partial charge >= 0.3 is 6.03 Å². The van der Waals surface area contributed by atoms with Crippen molar-refractivity contribution in [3.8, 4) is 0 Å². The molecular formula is C20H20F4N2O2. The maximum absolute atomic E-state index is 13.6. The highest BCUT2D eigenvalue weighted by molar-refractivity contribution is 5.89. The highest BCUT2D eigenvalue weighted by Gasteiger charge is 2.24. The Labute approximate surface area is 159 Å². The van der Waals surface area contributed by atoms with E-state index in [1.165, 1.54) is 24.3 Å². The minimum atomic E-state index is -0.854. The Hall–Kier alpha value is -2.61. The molecule has 0 atom stereocenters. The van der Waals surface area contributed by atoms with Crippen molar-refractivity contribution in [2.24, 2.45) is 0 Å². The van der Waals surface area contributed by atoms with E-state index in [1.54, 1.807) is 0 Å². The summed E-state index contributed by atoms with van der Waals surface area (Å²) < 4.78 is 60.0. The van der Waals surface area contributed by atoms with Crippen LogP contribution in [-0.2, 0) is 11.3 Å². The van der Waals surface area contributed by atoms with Crippen LogP contribution in [0.2, 0.25) is 0 Å². The van der Waals surface area contributed by atoms with Crippen LogP contribution in [0.5, 0.6) is 0 Å². The van der Waals surface area contributed by atoms with Gasteiger partial charge < -0.3 is 15.4 Å². The molecule has 4 nitrogen and oxygen atoms in total. The summed E-state index contributed by atoms with van der Waals surface area (Å²) in [7, 11) is 0. The van der Waals surface area contributed by atoms with E-state index in [4.69, 9.17) is 4.74 Å². The van der Waals surface area contributed by atoms with E-state index < -0.39 is 35.0 Å². The summed E-state index contributed by atoms with van der Waals surface area (Å²) in [5.74, 6) is -3.00. The van der Waals surface area contributed by atoms with Gasteiger partial charge in [-0.05, 0) is 49.9 Å². The number of halogens is 4. The molecule has 0 saturated heterocycles. The molecule has 1 fully saturated rings. The monoisotopic (exact) mass is 396 g/mol. The molecule has 1 saturated carbocycles. The third-order valence-corrected chi connectivity index (χ3v) is 4.74. The van der Waals surface area contributed by atoms with Gasteiger partial charge in [0.1, 0.15) is 29.0 Å². The molecule has 0 bridgehead atoms. The van der Waals surface area contributed by atoms with Gasteiger partial charge in [0.2, 0.25) is 0 Å². The lowest BCUT2D eigenvalue weighted by Crippen LogP contribution is -2.41. The van der Waals surface area contributed by atoms with E-state index in [9.17, 15) is 22.4 Å². The fourth-order valence-corrected chi connectivity index (χ4v) is 3.20. The second-order valence-electron chi connectivity index (χ2n) is 6.68. The van der Waals surface area contributed by atoms with Crippen LogP contribution < -0.4 is 10.6 Å². The van der Waals surface area contributed by atoms with E-state index in [2.05, 4.69) is 10.6 Å². The van der Waals surface area contributed by atoms with Gasteiger partial charge in [-0.25, -0.2) is 22.4 Å². The molecule has 2 aromatic rings. The van der Waals surface area contributed by atoms with Crippen molar-refractivity contribution in [3.63, 3.8) is 0 Å². The predicted molar refractivity (Wildman–Crippen MR) is 95.7 cm³/mol. The van der Waals surface area contributed by atoms with Crippen molar-refractivity contribution in [2.45, 2.75) is 44.4 Å². The van der Waals surface area contributed by atoms with Crippen LogP contribution in [0.4, 0.5) is 28.0 Å². The summed E-state index contributed by atoms with van der Waals surface area (Å²) >= 11 is 0. The Morgan fingerprint density at radius 2 is 1.43 bits per heavy atom. The number of ether oxygens (including phenoxy) is 1. The molecular weight excluding hydrogens is 376 g/mol. The Bertz CT molecular complexity index is 798. The van der Waals surface area contributed by atoms with Gasteiger partial charge in [0.15, 0.2) is 0 Å². The van der Waals surface area contributed by atoms with Gasteiger partial charge in [0.05, 0.1) is 12.7 Å². The SMILES string of the molecule is O=C(Nc1c(F)cccc1F)N[C@H]1CC[C@H](OCc2c(F)cccc2F)CC1. The van der Waals surface area contributed by atoms with Crippen LogP contribution in [0.25, 0.3) is 0 Å². The molecule has 3 rings (SSSR count). The van der Waals surface area contributed by atoms with Crippen LogP contribution in [0.15, 0.2) is 36.4 Å². The molecule has 1 aliphatic rings. The topological polar surface area (TPSA) is 50.4 Å². The fourth-order valence-electron chi connectivity index (χ4n) is 3.20. The van der Waals surface area contributed by atoms with Crippen molar-refractivity contribution in [3.05, 3.63) is 65.2 Å². The lowest BCUT2D eigenvalue weighted by atomic mass is 9.93. The van der Waals surface area contributed by atoms with Gasteiger partial charge in [-0.3, -0.25) is 0 Å².